The third-order valence-electron chi connectivity index (χ3n) is 4.60. The molecule has 0 fully saturated rings. The van der Waals surface area contributed by atoms with Gasteiger partial charge in [-0.1, -0.05) is 30.3 Å². The van der Waals surface area contributed by atoms with Crippen LogP contribution in [0.15, 0.2) is 30.3 Å². The number of fused-ring (bicyclic) bond motifs is 1. The van der Waals surface area contributed by atoms with Gasteiger partial charge < -0.3 is 9.30 Å². The first kappa shape index (κ1) is 16.9. The molecular weight excluding hydrogens is 300 g/mol. The summed E-state index contributed by atoms with van der Waals surface area (Å²) in [5.74, 6) is 1.26. The monoisotopic (exact) mass is 326 g/mol. The average Bonchev–Trinajstić information content (AvgIpc) is 2.86. The minimum Gasteiger partial charge on any atom is -0.377 e. The first-order chi connectivity index (χ1) is 11.8. The Balaban J connectivity index is 1.55. The fraction of sp³-hybridized carbons (Fsp3) is 0.500. The minimum absolute atomic E-state index is 0.219. The van der Waals surface area contributed by atoms with Crippen molar-refractivity contribution >= 4 is 5.78 Å². The van der Waals surface area contributed by atoms with Crippen LogP contribution < -0.4 is 0 Å². The molecule has 1 aromatic heterocycles. The summed E-state index contributed by atoms with van der Waals surface area (Å²) < 4.78 is 8.00. The van der Waals surface area contributed by atoms with Crippen LogP contribution in [0.25, 0.3) is 0 Å². The van der Waals surface area contributed by atoms with Crippen molar-refractivity contribution in [3.05, 3.63) is 53.1 Å². The summed E-state index contributed by atoms with van der Waals surface area (Å²) in [5.41, 5.74) is 3.08. The van der Waals surface area contributed by atoms with Gasteiger partial charge in [0.05, 0.1) is 6.61 Å². The molecule has 0 bridgehead atoms. The maximum absolute atomic E-state index is 12.2. The molecule has 4 nitrogen and oxygen atoms in total. The lowest BCUT2D eigenvalue weighted by atomic mass is 10.2. The lowest BCUT2D eigenvalue weighted by molar-refractivity contribution is 0.0977. The Morgan fingerprint density at radius 2 is 1.96 bits per heavy atom. The second-order valence-corrected chi connectivity index (χ2v) is 6.34. The van der Waals surface area contributed by atoms with E-state index in [1.54, 1.807) is 0 Å². The third kappa shape index (κ3) is 3.93. The number of benzene rings is 1. The maximum atomic E-state index is 12.2. The molecule has 3 rings (SSSR count). The van der Waals surface area contributed by atoms with E-state index >= 15 is 0 Å². The molecule has 0 amide bonds. The molecule has 4 heteroatoms. The van der Waals surface area contributed by atoms with Crippen molar-refractivity contribution in [2.75, 3.05) is 6.61 Å². The predicted octanol–water partition coefficient (Wildman–Crippen LogP) is 3.96. The van der Waals surface area contributed by atoms with Gasteiger partial charge in [0.25, 0.3) is 0 Å². The fourth-order valence-electron chi connectivity index (χ4n) is 3.37. The Bertz CT molecular complexity index is 676. The Hall–Kier alpha value is -1.94. The molecule has 0 saturated heterocycles. The molecule has 0 aliphatic heterocycles. The van der Waals surface area contributed by atoms with Crippen molar-refractivity contribution in [3.8, 4) is 0 Å². The zero-order chi connectivity index (χ0) is 16.8. The number of carbonyl (C=O) groups is 1. The summed E-state index contributed by atoms with van der Waals surface area (Å²) in [7, 11) is 0. The van der Waals surface area contributed by atoms with Gasteiger partial charge in [-0.25, -0.2) is 4.98 Å². The number of nitrogens with zero attached hydrogens (tertiary/aromatic N) is 2. The first-order valence-electron chi connectivity index (χ1n) is 9.02. The van der Waals surface area contributed by atoms with Gasteiger partial charge in [-0.05, 0) is 38.2 Å². The highest BCUT2D eigenvalue weighted by Crippen LogP contribution is 2.22. The smallest absolute Gasteiger partial charge is 0.183 e. The van der Waals surface area contributed by atoms with E-state index < -0.39 is 0 Å². The Kier molecular flexibility index (Phi) is 5.81. The van der Waals surface area contributed by atoms with Crippen molar-refractivity contribution in [3.63, 3.8) is 0 Å². The lowest BCUT2D eigenvalue weighted by Crippen LogP contribution is -2.07. The first-order valence-corrected chi connectivity index (χ1v) is 9.02. The highest BCUT2D eigenvalue weighted by Gasteiger charge is 2.23. The van der Waals surface area contributed by atoms with Gasteiger partial charge in [0.2, 0.25) is 0 Å². The fourth-order valence-corrected chi connectivity index (χ4v) is 3.37. The van der Waals surface area contributed by atoms with Crippen LogP contribution in [0.3, 0.4) is 0 Å². The van der Waals surface area contributed by atoms with Crippen LogP contribution in [0, 0.1) is 0 Å². The molecule has 2 aromatic rings. The molecule has 0 N–H and O–H groups in total. The van der Waals surface area contributed by atoms with Crippen molar-refractivity contribution in [2.24, 2.45) is 0 Å². The topological polar surface area (TPSA) is 44.1 Å². The quantitative estimate of drug-likeness (QED) is 0.571. The standard InChI is InChI=1S/C20H26N2O2/c1-2-22-17-11-6-7-12-18(23)20(17)21-19(22)13-8-14-24-15-16-9-4-3-5-10-16/h3-5,9-10H,2,6-8,11-15H2,1H3. The molecule has 1 aliphatic rings. The van der Waals surface area contributed by atoms with Crippen LogP contribution >= 0.6 is 0 Å². The van der Waals surface area contributed by atoms with Crippen LogP contribution in [0.5, 0.6) is 0 Å². The molecule has 0 unspecified atom stereocenters. The van der Waals surface area contributed by atoms with Crippen LogP contribution in [0.2, 0.25) is 0 Å². The van der Waals surface area contributed by atoms with Gasteiger partial charge in [0, 0.05) is 31.7 Å². The summed E-state index contributed by atoms with van der Waals surface area (Å²) in [5, 5.41) is 0. The van der Waals surface area contributed by atoms with Crippen molar-refractivity contribution < 1.29 is 9.53 Å². The number of rotatable bonds is 7. The van der Waals surface area contributed by atoms with Crippen LogP contribution in [0.1, 0.15) is 60.2 Å². The summed E-state index contributed by atoms with van der Waals surface area (Å²) in [4.78, 5) is 16.9. The summed E-state index contributed by atoms with van der Waals surface area (Å²) >= 11 is 0. The van der Waals surface area contributed by atoms with E-state index in [0.717, 1.165) is 55.9 Å². The second-order valence-electron chi connectivity index (χ2n) is 6.34. The van der Waals surface area contributed by atoms with Crippen molar-refractivity contribution in [1.82, 2.24) is 9.55 Å². The second kappa shape index (κ2) is 8.25. The lowest BCUT2D eigenvalue weighted by Gasteiger charge is -2.09. The summed E-state index contributed by atoms with van der Waals surface area (Å²) in [6.45, 7) is 4.38. The van der Waals surface area contributed by atoms with Crippen LogP contribution in [-0.2, 0) is 30.7 Å². The van der Waals surface area contributed by atoms with Crippen molar-refractivity contribution in [2.45, 2.75) is 58.6 Å². The zero-order valence-corrected chi connectivity index (χ0v) is 14.5. The largest absolute Gasteiger partial charge is 0.377 e. The van der Waals surface area contributed by atoms with E-state index in [2.05, 4.69) is 28.6 Å². The van der Waals surface area contributed by atoms with Crippen LogP contribution in [-0.4, -0.2) is 21.9 Å². The van der Waals surface area contributed by atoms with Gasteiger partial charge in [-0.2, -0.15) is 0 Å². The van der Waals surface area contributed by atoms with Gasteiger partial charge in [0.1, 0.15) is 11.5 Å². The Labute approximate surface area is 143 Å². The average molecular weight is 326 g/mol. The molecule has 0 radical (unpaired) electrons. The molecule has 0 atom stereocenters. The van der Waals surface area contributed by atoms with E-state index in [1.165, 1.54) is 5.56 Å². The van der Waals surface area contributed by atoms with E-state index in [4.69, 9.17) is 4.74 Å². The van der Waals surface area contributed by atoms with Gasteiger partial charge in [-0.3, -0.25) is 4.79 Å². The maximum Gasteiger partial charge on any atom is 0.183 e. The van der Waals surface area contributed by atoms with E-state index in [1.807, 2.05) is 18.2 Å². The zero-order valence-electron chi connectivity index (χ0n) is 14.5. The highest BCUT2D eigenvalue weighted by atomic mass is 16.5. The molecule has 0 spiro atoms. The Morgan fingerprint density at radius 3 is 2.75 bits per heavy atom. The molecule has 1 heterocycles. The van der Waals surface area contributed by atoms with Gasteiger partial charge in [-0.15, -0.1) is 0 Å². The number of hydrogen-bond donors (Lipinski definition) is 0. The van der Waals surface area contributed by atoms with Gasteiger partial charge in [0.15, 0.2) is 5.78 Å². The number of Topliss-reactive ketones (excluding diaryl/α,β-unsaturated/α-hetero) is 1. The number of ether oxygens (including phenoxy) is 1. The number of carbonyl (C=O) groups excluding carboxylic acids is 1. The summed E-state index contributed by atoms with van der Waals surface area (Å²) in [6.07, 6.45) is 5.49. The molecule has 24 heavy (non-hydrogen) atoms. The normalized spacial score (nSPS) is 14.5. The minimum atomic E-state index is 0.219. The van der Waals surface area contributed by atoms with Crippen LogP contribution in [0.4, 0.5) is 0 Å². The van der Waals surface area contributed by atoms with E-state index in [-0.39, 0.29) is 5.78 Å². The number of ketones is 1. The third-order valence-corrected chi connectivity index (χ3v) is 4.60. The molecule has 128 valence electrons. The number of imidazole rings is 1. The molecule has 0 saturated carbocycles. The Morgan fingerprint density at radius 1 is 1.17 bits per heavy atom. The number of aromatic nitrogens is 2. The van der Waals surface area contributed by atoms with E-state index in [9.17, 15) is 4.79 Å². The SMILES string of the molecule is CCn1c(CCCOCc2ccccc2)nc2c1CCCCC2=O. The van der Waals surface area contributed by atoms with Crippen molar-refractivity contribution in [1.29, 1.82) is 0 Å². The van der Waals surface area contributed by atoms with E-state index in [0.29, 0.717) is 19.6 Å². The number of hydrogen-bond acceptors (Lipinski definition) is 3. The molecular formula is C20H26N2O2. The molecule has 1 aliphatic carbocycles. The predicted molar refractivity (Wildman–Crippen MR) is 94.2 cm³/mol. The van der Waals surface area contributed by atoms with Gasteiger partial charge >= 0.3 is 0 Å². The molecule has 1 aromatic carbocycles. The number of aryl methyl sites for hydroxylation is 1. The highest BCUT2D eigenvalue weighted by molar-refractivity contribution is 5.95. The summed E-state index contributed by atoms with van der Waals surface area (Å²) in [6, 6.07) is 10.2.